The molecule has 1 aliphatic heterocycles. The second-order valence-corrected chi connectivity index (χ2v) is 4.91. The maximum Gasteiger partial charge on any atom is 0.315 e. The van der Waals surface area contributed by atoms with E-state index in [0.29, 0.717) is 11.7 Å². The van der Waals surface area contributed by atoms with Gasteiger partial charge in [0.1, 0.15) is 6.42 Å². The van der Waals surface area contributed by atoms with E-state index in [0.717, 1.165) is 26.1 Å². The molecule has 0 bridgehead atoms. The van der Waals surface area contributed by atoms with Crippen molar-refractivity contribution < 1.29 is 14.1 Å². The third kappa shape index (κ3) is 3.51. The summed E-state index contributed by atoms with van der Waals surface area (Å²) in [5, 5.41) is 3.99. The van der Waals surface area contributed by atoms with Crippen LogP contribution in [0.2, 0.25) is 0 Å². The van der Waals surface area contributed by atoms with E-state index in [1.807, 2.05) is 0 Å². The molecule has 0 spiro atoms. The van der Waals surface area contributed by atoms with Crippen molar-refractivity contribution in [1.29, 1.82) is 0 Å². The zero-order chi connectivity index (χ0) is 13.8. The Morgan fingerprint density at radius 3 is 3.00 bits per heavy atom. The standard InChI is InChI=1S/C12H20N4O3/c1-15-5-4-6-16(2)9(8-15)12-13-10(19-14-12)7-11(17)18-3/h9H,4-8H2,1-3H3. The highest BCUT2D eigenvalue weighted by Crippen LogP contribution is 2.20. The van der Waals surface area contributed by atoms with Crippen molar-refractivity contribution in [2.45, 2.75) is 18.9 Å². The number of hydrogen-bond acceptors (Lipinski definition) is 7. The molecule has 1 aliphatic rings. The summed E-state index contributed by atoms with van der Waals surface area (Å²) in [5.74, 6) is 0.568. The number of rotatable bonds is 3. The number of likely N-dealkylation sites (N-methyl/N-ethyl adjacent to an activating group) is 2. The van der Waals surface area contributed by atoms with Gasteiger partial charge in [-0.25, -0.2) is 0 Å². The molecule has 0 aromatic carbocycles. The Morgan fingerprint density at radius 1 is 1.47 bits per heavy atom. The molecule has 19 heavy (non-hydrogen) atoms. The second kappa shape index (κ2) is 6.12. The van der Waals surface area contributed by atoms with Crippen LogP contribution in [0.25, 0.3) is 0 Å². The van der Waals surface area contributed by atoms with Crippen molar-refractivity contribution in [2.75, 3.05) is 40.8 Å². The van der Waals surface area contributed by atoms with Crippen LogP contribution in [-0.4, -0.2) is 66.7 Å². The highest BCUT2D eigenvalue weighted by Gasteiger charge is 2.26. The molecule has 0 N–H and O–H groups in total. The van der Waals surface area contributed by atoms with Crippen LogP contribution in [0, 0.1) is 0 Å². The molecule has 7 nitrogen and oxygen atoms in total. The molecular weight excluding hydrogens is 248 g/mol. The van der Waals surface area contributed by atoms with Gasteiger partial charge in [0.2, 0.25) is 5.89 Å². The summed E-state index contributed by atoms with van der Waals surface area (Å²) in [6, 6.07) is 0.0997. The molecule has 1 atom stereocenters. The molecule has 0 saturated carbocycles. The maximum atomic E-state index is 11.2. The van der Waals surface area contributed by atoms with Crippen molar-refractivity contribution in [1.82, 2.24) is 19.9 Å². The molecule has 1 fully saturated rings. The normalized spacial score (nSPS) is 22.2. The lowest BCUT2D eigenvalue weighted by atomic mass is 10.2. The second-order valence-electron chi connectivity index (χ2n) is 4.91. The van der Waals surface area contributed by atoms with E-state index in [1.54, 1.807) is 0 Å². The summed E-state index contributed by atoms with van der Waals surface area (Å²) in [5.41, 5.74) is 0. The van der Waals surface area contributed by atoms with E-state index in [4.69, 9.17) is 4.52 Å². The first-order chi connectivity index (χ1) is 9.10. The average molecular weight is 268 g/mol. The number of esters is 1. The van der Waals surface area contributed by atoms with E-state index in [2.05, 4.69) is 38.8 Å². The first kappa shape index (κ1) is 14.0. The lowest BCUT2D eigenvalue weighted by Gasteiger charge is -2.24. The molecular formula is C12H20N4O3. The smallest absolute Gasteiger partial charge is 0.315 e. The number of methoxy groups -OCH3 is 1. The van der Waals surface area contributed by atoms with Crippen molar-refractivity contribution in [3.8, 4) is 0 Å². The van der Waals surface area contributed by atoms with Crippen molar-refractivity contribution in [3.05, 3.63) is 11.7 Å². The van der Waals surface area contributed by atoms with Gasteiger partial charge >= 0.3 is 5.97 Å². The molecule has 1 aromatic rings. The Hall–Kier alpha value is -1.47. The fraction of sp³-hybridized carbons (Fsp3) is 0.750. The van der Waals surface area contributed by atoms with Crippen LogP contribution < -0.4 is 0 Å². The van der Waals surface area contributed by atoms with Crippen LogP contribution in [0.3, 0.4) is 0 Å². The maximum absolute atomic E-state index is 11.2. The Morgan fingerprint density at radius 2 is 2.26 bits per heavy atom. The van der Waals surface area contributed by atoms with Crippen LogP contribution in [-0.2, 0) is 16.0 Å². The fourth-order valence-corrected chi connectivity index (χ4v) is 2.22. The average Bonchev–Trinajstić information content (AvgIpc) is 2.76. The van der Waals surface area contributed by atoms with Gasteiger partial charge in [-0.15, -0.1) is 0 Å². The van der Waals surface area contributed by atoms with Crippen LogP contribution in [0.4, 0.5) is 0 Å². The van der Waals surface area contributed by atoms with Crippen LogP contribution >= 0.6 is 0 Å². The van der Waals surface area contributed by atoms with Gasteiger partial charge in [0.25, 0.3) is 0 Å². The molecule has 0 radical (unpaired) electrons. The van der Waals surface area contributed by atoms with E-state index >= 15 is 0 Å². The number of ether oxygens (including phenoxy) is 1. The highest BCUT2D eigenvalue weighted by molar-refractivity contribution is 5.71. The SMILES string of the molecule is COC(=O)Cc1nc(C2CN(C)CCCN2C)no1. The third-order valence-electron chi connectivity index (χ3n) is 3.37. The van der Waals surface area contributed by atoms with Crippen molar-refractivity contribution in [2.24, 2.45) is 0 Å². The molecule has 7 heteroatoms. The number of hydrogen-bond donors (Lipinski definition) is 0. The van der Waals surface area contributed by atoms with E-state index < -0.39 is 0 Å². The van der Waals surface area contributed by atoms with Crippen LogP contribution in [0.15, 0.2) is 4.52 Å². The number of carbonyl (C=O) groups excluding carboxylic acids is 1. The minimum absolute atomic E-state index is 0.0236. The van der Waals surface area contributed by atoms with Gasteiger partial charge < -0.3 is 14.2 Å². The van der Waals surface area contributed by atoms with E-state index in [9.17, 15) is 4.79 Å². The van der Waals surface area contributed by atoms with Gasteiger partial charge in [-0.2, -0.15) is 4.98 Å². The third-order valence-corrected chi connectivity index (χ3v) is 3.37. The minimum atomic E-state index is -0.374. The summed E-state index contributed by atoms with van der Waals surface area (Å²) in [7, 11) is 5.48. The Labute approximate surface area is 112 Å². The molecule has 1 unspecified atom stereocenters. The Bertz CT molecular complexity index is 434. The van der Waals surface area contributed by atoms with Gasteiger partial charge in [0, 0.05) is 6.54 Å². The minimum Gasteiger partial charge on any atom is -0.469 e. The summed E-state index contributed by atoms with van der Waals surface area (Å²) < 4.78 is 9.69. The van der Waals surface area contributed by atoms with Crippen LogP contribution in [0.5, 0.6) is 0 Å². The predicted molar refractivity (Wildman–Crippen MR) is 67.5 cm³/mol. The summed E-state index contributed by atoms with van der Waals surface area (Å²) >= 11 is 0. The summed E-state index contributed by atoms with van der Waals surface area (Å²) in [6.07, 6.45) is 1.14. The number of nitrogens with zero attached hydrogens (tertiary/aromatic N) is 4. The van der Waals surface area contributed by atoms with Gasteiger partial charge in [-0.1, -0.05) is 5.16 Å². The molecule has 2 heterocycles. The molecule has 0 amide bonds. The zero-order valence-electron chi connectivity index (χ0n) is 11.6. The van der Waals surface area contributed by atoms with Crippen molar-refractivity contribution >= 4 is 5.97 Å². The lowest BCUT2D eigenvalue weighted by Crippen LogP contribution is -2.31. The quantitative estimate of drug-likeness (QED) is 0.719. The monoisotopic (exact) mass is 268 g/mol. The van der Waals surface area contributed by atoms with Crippen molar-refractivity contribution in [3.63, 3.8) is 0 Å². The highest BCUT2D eigenvalue weighted by atomic mass is 16.5. The molecule has 1 aromatic heterocycles. The Balaban J connectivity index is 2.09. The van der Waals surface area contributed by atoms with Gasteiger partial charge in [0.05, 0.1) is 13.2 Å². The van der Waals surface area contributed by atoms with Gasteiger partial charge in [-0.3, -0.25) is 9.69 Å². The first-order valence-corrected chi connectivity index (χ1v) is 6.38. The first-order valence-electron chi connectivity index (χ1n) is 6.38. The zero-order valence-corrected chi connectivity index (χ0v) is 11.6. The van der Waals surface area contributed by atoms with E-state index in [-0.39, 0.29) is 18.4 Å². The molecule has 2 rings (SSSR count). The largest absolute Gasteiger partial charge is 0.469 e. The molecule has 106 valence electrons. The predicted octanol–water partition coefficient (Wildman–Crippen LogP) is 0.0935. The fourth-order valence-electron chi connectivity index (χ4n) is 2.22. The number of carbonyl (C=O) groups is 1. The number of aromatic nitrogens is 2. The summed E-state index contributed by atoms with van der Waals surface area (Å²) in [4.78, 5) is 19.9. The summed E-state index contributed by atoms with van der Waals surface area (Å²) in [6.45, 7) is 2.91. The van der Waals surface area contributed by atoms with E-state index in [1.165, 1.54) is 7.11 Å². The van der Waals surface area contributed by atoms with Crippen LogP contribution in [0.1, 0.15) is 24.2 Å². The topological polar surface area (TPSA) is 71.7 Å². The Kier molecular flexibility index (Phi) is 4.49. The molecule has 1 saturated heterocycles. The lowest BCUT2D eigenvalue weighted by molar-refractivity contribution is -0.140. The van der Waals surface area contributed by atoms with Gasteiger partial charge in [0.15, 0.2) is 5.82 Å². The molecule has 0 aliphatic carbocycles. The van der Waals surface area contributed by atoms with Gasteiger partial charge in [-0.05, 0) is 33.6 Å².